The lowest BCUT2D eigenvalue weighted by Gasteiger charge is -2.10. The van der Waals surface area contributed by atoms with Crippen molar-refractivity contribution in [1.82, 2.24) is 4.57 Å². The quantitative estimate of drug-likeness (QED) is 0.570. The highest BCUT2D eigenvalue weighted by Crippen LogP contribution is 2.26. The van der Waals surface area contributed by atoms with Crippen LogP contribution in [-0.4, -0.2) is 9.67 Å². The summed E-state index contributed by atoms with van der Waals surface area (Å²) in [6, 6.07) is 7.95. The second-order valence-corrected chi connectivity index (χ2v) is 4.38. The number of allylic oxidation sites excluding steroid dienone is 1. The number of aromatic hydroxyl groups is 1. The Morgan fingerprint density at radius 2 is 2.05 bits per heavy atom. The van der Waals surface area contributed by atoms with Crippen molar-refractivity contribution in [1.29, 1.82) is 0 Å². The van der Waals surface area contributed by atoms with Gasteiger partial charge in [0, 0.05) is 11.9 Å². The van der Waals surface area contributed by atoms with Crippen molar-refractivity contribution in [3.8, 4) is 5.75 Å². The van der Waals surface area contributed by atoms with Gasteiger partial charge in [0.1, 0.15) is 11.1 Å². The van der Waals surface area contributed by atoms with Crippen LogP contribution in [0.1, 0.15) is 0 Å². The molecule has 2 heterocycles. The molecule has 0 bridgehead atoms. The molecular formula is C15H11NO4. The molecular weight excluding hydrogens is 258 g/mol. The van der Waals surface area contributed by atoms with Gasteiger partial charge < -0.3 is 14.1 Å². The molecule has 0 amide bonds. The molecule has 0 saturated carbocycles. The Balaban J connectivity index is 2.69. The summed E-state index contributed by atoms with van der Waals surface area (Å²) in [7, 11) is 0. The van der Waals surface area contributed by atoms with Crippen molar-refractivity contribution >= 4 is 21.9 Å². The van der Waals surface area contributed by atoms with Crippen LogP contribution in [0.15, 0.2) is 57.0 Å². The first kappa shape index (κ1) is 12.2. The molecule has 3 rings (SSSR count). The van der Waals surface area contributed by atoms with Gasteiger partial charge >= 0.3 is 5.63 Å². The number of para-hydroxylation sites is 1. The van der Waals surface area contributed by atoms with Crippen molar-refractivity contribution in [3.05, 3.63) is 63.8 Å². The third kappa shape index (κ3) is 1.64. The van der Waals surface area contributed by atoms with E-state index in [4.69, 9.17) is 4.42 Å². The summed E-state index contributed by atoms with van der Waals surface area (Å²) in [5, 5.41) is 10.5. The lowest BCUT2D eigenvalue weighted by molar-refractivity contribution is 0.467. The van der Waals surface area contributed by atoms with Gasteiger partial charge in [0.2, 0.25) is 0 Å². The van der Waals surface area contributed by atoms with E-state index in [1.807, 2.05) is 0 Å². The van der Waals surface area contributed by atoms with Gasteiger partial charge in [0.25, 0.3) is 5.56 Å². The maximum atomic E-state index is 12.5. The average Bonchev–Trinajstić information content (AvgIpc) is 2.42. The molecule has 20 heavy (non-hydrogen) atoms. The molecule has 2 aromatic heterocycles. The Morgan fingerprint density at radius 3 is 2.80 bits per heavy atom. The van der Waals surface area contributed by atoms with E-state index in [1.165, 1.54) is 4.57 Å². The zero-order chi connectivity index (χ0) is 14.3. The minimum Gasteiger partial charge on any atom is -0.507 e. The Labute approximate surface area is 113 Å². The Bertz CT molecular complexity index is 950. The molecule has 5 nitrogen and oxygen atoms in total. The molecule has 5 heteroatoms. The van der Waals surface area contributed by atoms with Crippen molar-refractivity contribution < 1.29 is 9.52 Å². The van der Waals surface area contributed by atoms with E-state index in [0.29, 0.717) is 17.4 Å². The number of aromatic nitrogens is 1. The first-order chi connectivity index (χ1) is 9.63. The van der Waals surface area contributed by atoms with Crippen molar-refractivity contribution in [2.45, 2.75) is 6.54 Å². The van der Waals surface area contributed by atoms with Gasteiger partial charge in [-0.15, -0.1) is 6.58 Å². The lowest BCUT2D eigenvalue weighted by Crippen LogP contribution is -2.21. The summed E-state index contributed by atoms with van der Waals surface area (Å²) < 4.78 is 6.59. The fourth-order valence-electron chi connectivity index (χ4n) is 2.33. The lowest BCUT2D eigenvalue weighted by atomic mass is 10.1. The highest BCUT2D eigenvalue weighted by Gasteiger charge is 2.15. The fraction of sp³-hybridized carbons (Fsp3) is 0.0667. The minimum atomic E-state index is -0.693. The highest BCUT2D eigenvalue weighted by molar-refractivity contribution is 6.03. The van der Waals surface area contributed by atoms with Crippen LogP contribution in [0, 0.1) is 0 Å². The van der Waals surface area contributed by atoms with Gasteiger partial charge in [-0.1, -0.05) is 18.2 Å². The zero-order valence-electron chi connectivity index (χ0n) is 10.5. The molecule has 0 atom stereocenters. The molecule has 0 unspecified atom stereocenters. The van der Waals surface area contributed by atoms with Crippen molar-refractivity contribution in [2.75, 3.05) is 0 Å². The second-order valence-electron chi connectivity index (χ2n) is 4.38. The van der Waals surface area contributed by atoms with Crippen LogP contribution >= 0.6 is 0 Å². The number of nitrogens with zero attached hydrogens (tertiary/aromatic N) is 1. The first-order valence-corrected chi connectivity index (χ1v) is 6.02. The molecule has 0 aliphatic heterocycles. The molecule has 0 saturated heterocycles. The van der Waals surface area contributed by atoms with Crippen LogP contribution in [-0.2, 0) is 6.54 Å². The summed E-state index contributed by atoms with van der Waals surface area (Å²) in [4.78, 5) is 23.9. The summed E-state index contributed by atoms with van der Waals surface area (Å²) in [6.07, 6.45) is 1.59. The third-order valence-corrected chi connectivity index (χ3v) is 3.15. The number of hydrogen-bond acceptors (Lipinski definition) is 4. The average molecular weight is 269 g/mol. The first-order valence-electron chi connectivity index (χ1n) is 6.02. The number of hydrogen-bond donors (Lipinski definition) is 1. The molecule has 0 fully saturated rings. The van der Waals surface area contributed by atoms with Crippen LogP contribution in [0.5, 0.6) is 5.75 Å². The molecule has 100 valence electrons. The molecule has 0 aliphatic rings. The maximum Gasteiger partial charge on any atom is 0.339 e. The number of rotatable bonds is 2. The van der Waals surface area contributed by atoms with Crippen molar-refractivity contribution in [2.24, 2.45) is 0 Å². The molecule has 0 aliphatic carbocycles. The molecule has 0 spiro atoms. The third-order valence-electron chi connectivity index (χ3n) is 3.15. The predicted octanol–water partition coefficient (Wildman–Crippen LogP) is 2.00. The summed E-state index contributed by atoms with van der Waals surface area (Å²) in [5.41, 5.74) is -0.379. The monoisotopic (exact) mass is 269 g/mol. The van der Waals surface area contributed by atoms with E-state index in [1.54, 1.807) is 30.3 Å². The van der Waals surface area contributed by atoms with Gasteiger partial charge in [-0.2, -0.15) is 0 Å². The standard InChI is InChI=1S/C15H11NO4/c1-2-7-16-10-6-4-3-5-9(10)14-13(15(16)19)11(17)8-12(18)20-14/h2-6,8,17H,1,7H2. The molecule has 0 radical (unpaired) electrons. The zero-order valence-corrected chi connectivity index (χ0v) is 10.5. The van der Waals surface area contributed by atoms with Crippen LogP contribution in [0.4, 0.5) is 0 Å². The van der Waals surface area contributed by atoms with Crippen LogP contribution < -0.4 is 11.2 Å². The summed E-state index contributed by atoms with van der Waals surface area (Å²) in [5.74, 6) is -0.371. The van der Waals surface area contributed by atoms with Crippen molar-refractivity contribution in [3.63, 3.8) is 0 Å². The Morgan fingerprint density at radius 1 is 1.30 bits per heavy atom. The topological polar surface area (TPSA) is 72.4 Å². The number of fused-ring (bicyclic) bond motifs is 3. The van der Waals surface area contributed by atoms with Gasteiger partial charge in [0.05, 0.1) is 11.6 Å². The Kier molecular flexibility index (Phi) is 2.68. The van der Waals surface area contributed by atoms with E-state index < -0.39 is 11.2 Å². The number of benzene rings is 1. The van der Waals surface area contributed by atoms with Crippen LogP contribution in [0.25, 0.3) is 21.9 Å². The molecule has 1 aromatic carbocycles. The van der Waals surface area contributed by atoms with Crippen LogP contribution in [0.2, 0.25) is 0 Å². The van der Waals surface area contributed by atoms with E-state index >= 15 is 0 Å². The predicted molar refractivity (Wildman–Crippen MR) is 76.1 cm³/mol. The van der Waals surface area contributed by atoms with E-state index in [0.717, 1.165) is 6.07 Å². The maximum absolute atomic E-state index is 12.5. The Hall–Kier alpha value is -2.82. The number of pyridine rings is 1. The normalized spacial score (nSPS) is 11.0. The van der Waals surface area contributed by atoms with Gasteiger partial charge in [-0.25, -0.2) is 4.79 Å². The minimum absolute atomic E-state index is 0.00477. The van der Waals surface area contributed by atoms with Gasteiger partial charge in [-0.05, 0) is 12.1 Å². The van der Waals surface area contributed by atoms with Gasteiger partial charge in [0.15, 0.2) is 5.58 Å². The fourth-order valence-corrected chi connectivity index (χ4v) is 2.33. The second kappa shape index (κ2) is 4.38. The summed E-state index contributed by atoms with van der Waals surface area (Å²) in [6.45, 7) is 3.92. The largest absolute Gasteiger partial charge is 0.507 e. The highest BCUT2D eigenvalue weighted by atomic mass is 16.4. The van der Waals surface area contributed by atoms with Gasteiger partial charge in [-0.3, -0.25) is 4.79 Å². The van der Waals surface area contributed by atoms with E-state index in [2.05, 4.69) is 6.58 Å². The summed E-state index contributed by atoms with van der Waals surface area (Å²) >= 11 is 0. The van der Waals surface area contributed by atoms with E-state index in [-0.39, 0.29) is 16.7 Å². The van der Waals surface area contributed by atoms with E-state index in [9.17, 15) is 14.7 Å². The smallest absolute Gasteiger partial charge is 0.339 e. The van der Waals surface area contributed by atoms with Crippen LogP contribution in [0.3, 0.4) is 0 Å². The molecule has 1 N–H and O–H groups in total. The molecule has 3 aromatic rings. The SMILES string of the molecule is C=CCn1c(=O)c2c(O)cc(=O)oc2c2ccccc21.